The molecular formula is C27H30N6O. The molecule has 5 rings (SSSR count). The SMILES string of the molecule is Cc1cccc(C)c1NC(=O)[C@H]1CCCN(c2nnc(C)c3c(C)n(-c4ccccc4)nc23)C1. The smallest absolute Gasteiger partial charge is 0.229 e. The molecule has 0 spiro atoms. The summed E-state index contributed by atoms with van der Waals surface area (Å²) in [5, 5.41) is 18.2. The van der Waals surface area contributed by atoms with Gasteiger partial charge in [-0.3, -0.25) is 4.79 Å². The van der Waals surface area contributed by atoms with E-state index in [9.17, 15) is 4.79 Å². The van der Waals surface area contributed by atoms with E-state index in [1.54, 1.807) is 0 Å². The summed E-state index contributed by atoms with van der Waals surface area (Å²) in [4.78, 5) is 15.4. The number of amides is 1. The van der Waals surface area contributed by atoms with Gasteiger partial charge in [-0.25, -0.2) is 4.68 Å². The van der Waals surface area contributed by atoms with Crippen molar-refractivity contribution in [3.63, 3.8) is 0 Å². The second kappa shape index (κ2) is 8.89. The predicted molar refractivity (Wildman–Crippen MR) is 136 cm³/mol. The molecule has 2 aromatic heterocycles. The zero-order valence-corrected chi connectivity index (χ0v) is 20.2. The Bertz CT molecular complexity index is 1340. The molecule has 1 atom stereocenters. The lowest BCUT2D eigenvalue weighted by molar-refractivity contribution is -0.120. The molecule has 0 unspecified atom stereocenters. The van der Waals surface area contributed by atoms with Crippen molar-refractivity contribution < 1.29 is 4.79 Å². The third-order valence-electron chi connectivity index (χ3n) is 6.81. The first kappa shape index (κ1) is 22.1. The number of hydrogen-bond acceptors (Lipinski definition) is 5. The molecule has 0 aliphatic carbocycles. The van der Waals surface area contributed by atoms with Gasteiger partial charge >= 0.3 is 0 Å². The number of para-hydroxylation sites is 2. The highest BCUT2D eigenvalue weighted by atomic mass is 16.1. The Morgan fingerprint density at radius 1 is 0.971 bits per heavy atom. The van der Waals surface area contributed by atoms with Gasteiger partial charge in [-0.2, -0.15) is 10.2 Å². The second-order valence-electron chi connectivity index (χ2n) is 9.21. The zero-order chi connectivity index (χ0) is 23.8. The van der Waals surface area contributed by atoms with Crippen LogP contribution in [0.3, 0.4) is 0 Å². The molecule has 7 heteroatoms. The number of aromatic nitrogens is 4. The third kappa shape index (κ3) is 3.91. The lowest BCUT2D eigenvalue weighted by Crippen LogP contribution is -2.41. The van der Waals surface area contributed by atoms with Crippen molar-refractivity contribution in [2.24, 2.45) is 5.92 Å². The van der Waals surface area contributed by atoms with E-state index in [4.69, 9.17) is 5.10 Å². The van der Waals surface area contributed by atoms with Gasteiger partial charge in [-0.1, -0.05) is 36.4 Å². The van der Waals surface area contributed by atoms with E-state index in [0.29, 0.717) is 6.54 Å². The Labute approximate surface area is 199 Å². The fourth-order valence-electron chi connectivity index (χ4n) is 4.97. The number of fused-ring (bicyclic) bond motifs is 1. The third-order valence-corrected chi connectivity index (χ3v) is 6.81. The Morgan fingerprint density at radius 2 is 1.71 bits per heavy atom. The number of anilines is 2. The average molecular weight is 455 g/mol. The number of benzene rings is 2. The van der Waals surface area contributed by atoms with Crippen LogP contribution in [-0.4, -0.2) is 39.0 Å². The number of nitrogens with zero attached hydrogens (tertiary/aromatic N) is 5. The van der Waals surface area contributed by atoms with Crippen LogP contribution in [0.1, 0.15) is 35.4 Å². The van der Waals surface area contributed by atoms with Gasteiger partial charge in [0.15, 0.2) is 5.82 Å². The van der Waals surface area contributed by atoms with Gasteiger partial charge in [0.2, 0.25) is 5.91 Å². The van der Waals surface area contributed by atoms with E-state index in [-0.39, 0.29) is 11.8 Å². The van der Waals surface area contributed by atoms with Crippen molar-refractivity contribution in [3.8, 4) is 5.69 Å². The maximum Gasteiger partial charge on any atom is 0.229 e. The molecule has 1 aliphatic rings. The van der Waals surface area contributed by atoms with Crippen molar-refractivity contribution in [2.45, 2.75) is 40.5 Å². The molecule has 2 aromatic carbocycles. The Balaban J connectivity index is 1.46. The molecule has 1 saturated heterocycles. The molecule has 1 amide bonds. The first-order valence-electron chi connectivity index (χ1n) is 11.8. The van der Waals surface area contributed by atoms with Crippen molar-refractivity contribution in [1.82, 2.24) is 20.0 Å². The van der Waals surface area contributed by atoms with Crippen LogP contribution in [0.15, 0.2) is 48.5 Å². The number of carbonyl (C=O) groups excluding carboxylic acids is 1. The number of aryl methyl sites for hydroxylation is 4. The summed E-state index contributed by atoms with van der Waals surface area (Å²) < 4.78 is 1.96. The first-order chi connectivity index (χ1) is 16.4. The second-order valence-corrected chi connectivity index (χ2v) is 9.21. The highest BCUT2D eigenvalue weighted by Gasteiger charge is 2.29. The molecule has 1 N–H and O–H groups in total. The molecule has 1 fully saturated rings. The number of rotatable bonds is 4. The summed E-state index contributed by atoms with van der Waals surface area (Å²) in [5.74, 6) is 0.690. The molecular weight excluding hydrogens is 424 g/mol. The van der Waals surface area contributed by atoms with E-state index in [1.165, 1.54) is 0 Å². The van der Waals surface area contributed by atoms with E-state index < -0.39 is 0 Å². The Hall–Kier alpha value is -3.74. The monoisotopic (exact) mass is 454 g/mol. The highest BCUT2D eigenvalue weighted by molar-refractivity contribution is 5.95. The Morgan fingerprint density at radius 3 is 2.44 bits per heavy atom. The maximum absolute atomic E-state index is 13.2. The van der Waals surface area contributed by atoms with E-state index in [1.807, 2.05) is 74.0 Å². The van der Waals surface area contributed by atoms with Crippen LogP contribution < -0.4 is 10.2 Å². The van der Waals surface area contributed by atoms with Gasteiger partial charge in [0.05, 0.1) is 28.4 Å². The van der Waals surface area contributed by atoms with E-state index in [0.717, 1.165) is 70.0 Å². The average Bonchev–Trinajstić information content (AvgIpc) is 3.20. The minimum Gasteiger partial charge on any atom is -0.352 e. The minimum absolute atomic E-state index is 0.0596. The molecule has 0 radical (unpaired) electrons. The first-order valence-corrected chi connectivity index (χ1v) is 11.8. The van der Waals surface area contributed by atoms with Crippen LogP contribution in [0.4, 0.5) is 11.5 Å². The van der Waals surface area contributed by atoms with Gasteiger partial charge in [-0.15, -0.1) is 5.10 Å². The van der Waals surface area contributed by atoms with Gasteiger partial charge in [-0.05, 0) is 63.8 Å². The van der Waals surface area contributed by atoms with Crippen LogP contribution in [0.25, 0.3) is 16.6 Å². The summed E-state index contributed by atoms with van der Waals surface area (Å²) in [6, 6.07) is 16.2. The fraction of sp³-hybridized carbons (Fsp3) is 0.333. The number of piperidine rings is 1. The van der Waals surface area contributed by atoms with Crippen molar-refractivity contribution >= 4 is 28.3 Å². The summed E-state index contributed by atoms with van der Waals surface area (Å²) in [6.45, 7) is 9.52. The normalized spacial score (nSPS) is 16.1. The maximum atomic E-state index is 13.2. The number of nitrogens with one attached hydrogen (secondary N) is 1. The predicted octanol–water partition coefficient (Wildman–Crippen LogP) is 4.90. The molecule has 3 heterocycles. The summed E-state index contributed by atoms with van der Waals surface area (Å²) in [5.41, 5.74) is 6.81. The van der Waals surface area contributed by atoms with Crippen LogP contribution in [0.2, 0.25) is 0 Å². The minimum atomic E-state index is -0.122. The number of carbonyl (C=O) groups is 1. The summed E-state index contributed by atoms with van der Waals surface area (Å²) in [7, 11) is 0. The molecule has 4 aromatic rings. The van der Waals surface area contributed by atoms with Gasteiger partial charge in [0.25, 0.3) is 0 Å². The Kier molecular flexibility index (Phi) is 5.77. The molecule has 0 saturated carbocycles. The van der Waals surface area contributed by atoms with Crippen LogP contribution >= 0.6 is 0 Å². The largest absolute Gasteiger partial charge is 0.352 e. The molecule has 1 aliphatic heterocycles. The van der Waals surface area contributed by atoms with Crippen molar-refractivity contribution in [1.29, 1.82) is 0 Å². The lowest BCUT2D eigenvalue weighted by atomic mass is 9.96. The number of hydrogen-bond donors (Lipinski definition) is 1. The van der Waals surface area contributed by atoms with Crippen LogP contribution in [-0.2, 0) is 4.79 Å². The summed E-state index contributed by atoms with van der Waals surface area (Å²) in [6.07, 6.45) is 1.77. The standard InChI is InChI=1S/C27H30N6O/c1-17-10-8-11-18(2)24(17)28-27(34)21-12-9-15-32(16-21)26-25-23(19(3)29-30-26)20(4)33(31-25)22-13-6-5-7-14-22/h5-8,10-11,13-14,21H,9,12,15-16H2,1-4H3,(H,28,34)/t21-/m0/s1. The molecule has 174 valence electrons. The quantitative estimate of drug-likeness (QED) is 0.474. The van der Waals surface area contributed by atoms with E-state index in [2.05, 4.69) is 27.3 Å². The fourth-order valence-corrected chi connectivity index (χ4v) is 4.97. The summed E-state index contributed by atoms with van der Waals surface area (Å²) >= 11 is 0. The molecule has 7 nitrogen and oxygen atoms in total. The molecule has 34 heavy (non-hydrogen) atoms. The van der Waals surface area contributed by atoms with Crippen LogP contribution in [0, 0.1) is 33.6 Å². The van der Waals surface area contributed by atoms with Crippen molar-refractivity contribution in [3.05, 3.63) is 71.0 Å². The lowest BCUT2D eigenvalue weighted by Gasteiger charge is -2.32. The van der Waals surface area contributed by atoms with Gasteiger partial charge in [0.1, 0.15) is 5.52 Å². The topological polar surface area (TPSA) is 75.9 Å². The highest BCUT2D eigenvalue weighted by Crippen LogP contribution is 2.32. The van der Waals surface area contributed by atoms with Crippen LogP contribution in [0.5, 0.6) is 0 Å². The van der Waals surface area contributed by atoms with Crippen molar-refractivity contribution in [2.75, 3.05) is 23.3 Å². The van der Waals surface area contributed by atoms with E-state index >= 15 is 0 Å². The molecule has 0 bridgehead atoms. The zero-order valence-electron chi connectivity index (χ0n) is 20.2. The van der Waals surface area contributed by atoms with Gasteiger partial charge < -0.3 is 10.2 Å². The van der Waals surface area contributed by atoms with Gasteiger partial charge in [0, 0.05) is 18.8 Å².